The van der Waals surface area contributed by atoms with E-state index in [1.165, 1.54) is 5.56 Å². The van der Waals surface area contributed by atoms with E-state index >= 15 is 0 Å². The third-order valence-corrected chi connectivity index (χ3v) is 3.73. The second-order valence-electron chi connectivity index (χ2n) is 5.41. The Morgan fingerprint density at radius 3 is 3.00 bits per heavy atom. The molecule has 1 atom stereocenters. The molecule has 5 heteroatoms. The van der Waals surface area contributed by atoms with E-state index in [4.69, 9.17) is 5.10 Å². The van der Waals surface area contributed by atoms with Crippen LogP contribution >= 0.6 is 0 Å². The fraction of sp³-hybridized carbons (Fsp3) is 0.571. The molecule has 3 rings (SSSR count). The third kappa shape index (κ3) is 2.13. The van der Waals surface area contributed by atoms with Gasteiger partial charge in [-0.3, -0.25) is 4.68 Å². The first-order chi connectivity index (χ1) is 9.19. The molecular formula is C14H21N5. The number of nitrogens with one attached hydrogen (secondary N) is 1. The van der Waals surface area contributed by atoms with Crippen LogP contribution < -0.4 is 5.32 Å². The van der Waals surface area contributed by atoms with Gasteiger partial charge in [-0.05, 0) is 19.3 Å². The highest BCUT2D eigenvalue weighted by Crippen LogP contribution is 2.31. The highest BCUT2D eigenvalue weighted by atomic mass is 15.4. The monoisotopic (exact) mass is 259 g/mol. The molecule has 0 aromatic carbocycles. The number of aromatic nitrogens is 4. The van der Waals surface area contributed by atoms with Crippen molar-refractivity contribution in [1.82, 2.24) is 19.6 Å². The Hall–Kier alpha value is -1.78. The van der Waals surface area contributed by atoms with Crippen LogP contribution in [0.25, 0.3) is 0 Å². The van der Waals surface area contributed by atoms with Crippen LogP contribution in [0.3, 0.4) is 0 Å². The van der Waals surface area contributed by atoms with Crippen LogP contribution in [0.15, 0.2) is 18.5 Å². The largest absolute Gasteiger partial charge is 0.370 e. The Morgan fingerprint density at radius 2 is 2.32 bits per heavy atom. The van der Waals surface area contributed by atoms with Gasteiger partial charge in [-0.1, -0.05) is 13.8 Å². The first-order valence-electron chi connectivity index (χ1n) is 7.04. The molecule has 0 spiro atoms. The van der Waals surface area contributed by atoms with E-state index < -0.39 is 0 Å². The van der Waals surface area contributed by atoms with Crippen molar-refractivity contribution in [2.75, 3.05) is 11.9 Å². The van der Waals surface area contributed by atoms with Crippen LogP contribution in [-0.4, -0.2) is 26.1 Å². The molecule has 0 saturated heterocycles. The average Bonchev–Trinajstić information content (AvgIpc) is 3.04. The van der Waals surface area contributed by atoms with Crippen molar-refractivity contribution >= 4 is 5.82 Å². The van der Waals surface area contributed by atoms with E-state index in [0.29, 0.717) is 12.0 Å². The van der Waals surface area contributed by atoms with Gasteiger partial charge in [-0.15, -0.1) is 0 Å². The highest BCUT2D eigenvalue weighted by Gasteiger charge is 2.24. The summed E-state index contributed by atoms with van der Waals surface area (Å²) in [5, 5.41) is 12.6. The second-order valence-corrected chi connectivity index (χ2v) is 5.41. The minimum atomic E-state index is 0.309. The van der Waals surface area contributed by atoms with Crippen molar-refractivity contribution in [2.24, 2.45) is 0 Å². The lowest BCUT2D eigenvalue weighted by atomic mass is 10.1. The molecule has 0 aliphatic carbocycles. The molecule has 3 heterocycles. The predicted molar refractivity (Wildman–Crippen MR) is 75.5 cm³/mol. The maximum absolute atomic E-state index is 4.76. The van der Waals surface area contributed by atoms with Gasteiger partial charge in [0.1, 0.15) is 5.82 Å². The molecule has 1 unspecified atom stereocenters. The van der Waals surface area contributed by atoms with Gasteiger partial charge in [-0.25, -0.2) is 4.68 Å². The summed E-state index contributed by atoms with van der Waals surface area (Å²) in [6, 6.07) is 2.48. The van der Waals surface area contributed by atoms with Gasteiger partial charge < -0.3 is 5.32 Å². The van der Waals surface area contributed by atoms with Crippen molar-refractivity contribution in [3.05, 3.63) is 29.7 Å². The van der Waals surface area contributed by atoms with Crippen molar-refractivity contribution in [2.45, 2.75) is 45.7 Å². The number of hydrogen-bond acceptors (Lipinski definition) is 3. The Bertz CT molecular complexity index is 566. The topological polar surface area (TPSA) is 47.7 Å². The Morgan fingerprint density at radius 1 is 1.47 bits per heavy atom. The van der Waals surface area contributed by atoms with E-state index in [9.17, 15) is 0 Å². The zero-order chi connectivity index (χ0) is 13.4. The number of fused-ring (bicyclic) bond motifs is 1. The van der Waals surface area contributed by atoms with Crippen molar-refractivity contribution in [3.8, 4) is 0 Å². The first-order valence-corrected chi connectivity index (χ1v) is 7.04. The summed E-state index contributed by atoms with van der Waals surface area (Å²) in [6.45, 7) is 8.37. The lowest BCUT2D eigenvalue weighted by Gasteiger charge is -2.24. The predicted octanol–water partition coefficient (Wildman–Crippen LogP) is 2.63. The summed E-state index contributed by atoms with van der Waals surface area (Å²) in [4.78, 5) is 0. The van der Waals surface area contributed by atoms with Crippen molar-refractivity contribution in [1.29, 1.82) is 0 Å². The molecule has 0 fully saturated rings. The number of anilines is 1. The average molecular weight is 259 g/mol. The summed E-state index contributed by atoms with van der Waals surface area (Å²) < 4.78 is 4.10. The molecule has 5 nitrogen and oxygen atoms in total. The molecular weight excluding hydrogens is 238 g/mol. The van der Waals surface area contributed by atoms with Crippen LogP contribution in [0, 0.1) is 0 Å². The fourth-order valence-electron chi connectivity index (χ4n) is 2.56. The second kappa shape index (κ2) is 4.72. The molecule has 1 aliphatic heterocycles. The number of rotatable bonds is 3. The molecule has 2 aromatic rings. The molecule has 19 heavy (non-hydrogen) atoms. The SMILES string of the molecule is CCn1cc(C2CCNc3cc(C(C)C)nn32)cn1. The molecule has 1 N–H and O–H groups in total. The Balaban J connectivity index is 1.97. The standard InChI is InChI=1S/C14H21N5/c1-4-18-9-11(8-16-18)13-5-6-15-14-7-12(10(2)3)17-19(13)14/h7-10,13,15H,4-6H2,1-3H3. The number of aryl methyl sites for hydroxylation is 1. The quantitative estimate of drug-likeness (QED) is 0.921. The van der Waals surface area contributed by atoms with Gasteiger partial charge in [0, 0.05) is 30.9 Å². The summed E-state index contributed by atoms with van der Waals surface area (Å²) in [5.41, 5.74) is 2.40. The molecule has 1 aliphatic rings. The minimum absolute atomic E-state index is 0.309. The zero-order valence-electron chi connectivity index (χ0n) is 11.8. The molecule has 0 amide bonds. The van der Waals surface area contributed by atoms with Crippen LogP contribution in [0.4, 0.5) is 5.82 Å². The van der Waals surface area contributed by atoms with E-state index in [1.807, 2.05) is 10.9 Å². The van der Waals surface area contributed by atoms with Gasteiger partial charge in [-0.2, -0.15) is 10.2 Å². The van der Waals surface area contributed by atoms with Gasteiger partial charge in [0.2, 0.25) is 0 Å². The van der Waals surface area contributed by atoms with Gasteiger partial charge in [0.25, 0.3) is 0 Å². The smallest absolute Gasteiger partial charge is 0.125 e. The van der Waals surface area contributed by atoms with E-state index in [-0.39, 0.29) is 0 Å². The number of nitrogens with zero attached hydrogens (tertiary/aromatic N) is 4. The lowest BCUT2D eigenvalue weighted by molar-refractivity contribution is 0.475. The van der Waals surface area contributed by atoms with Crippen LogP contribution in [0.5, 0.6) is 0 Å². The molecule has 0 saturated carbocycles. The third-order valence-electron chi connectivity index (χ3n) is 3.73. The summed E-state index contributed by atoms with van der Waals surface area (Å²) in [7, 11) is 0. The van der Waals surface area contributed by atoms with E-state index in [0.717, 1.165) is 31.0 Å². The van der Waals surface area contributed by atoms with Gasteiger partial charge in [0.15, 0.2) is 0 Å². The minimum Gasteiger partial charge on any atom is -0.370 e. The highest BCUT2D eigenvalue weighted by molar-refractivity contribution is 5.41. The van der Waals surface area contributed by atoms with Gasteiger partial charge in [0.05, 0.1) is 17.9 Å². The summed E-state index contributed by atoms with van der Waals surface area (Å²) >= 11 is 0. The maximum Gasteiger partial charge on any atom is 0.125 e. The molecule has 0 radical (unpaired) electrons. The zero-order valence-corrected chi connectivity index (χ0v) is 11.8. The Kier molecular flexibility index (Phi) is 3.05. The Labute approximate surface area is 113 Å². The lowest BCUT2D eigenvalue weighted by Crippen LogP contribution is -2.24. The van der Waals surface area contributed by atoms with E-state index in [1.54, 1.807) is 0 Å². The van der Waals surface area contributed by atoms with Crippen molar-refractivity contribution in [3.63, 3.8) is 0 Å². The normalized spacial score (nSPS) is 18.4. The fourth-order valence-corrected chi connectivity index (χ4v) is 2.56. The maximum atomic E-state index is 4.76. The molecule has 0 bridgehead atoms. The first kappa shape index (κ1) is 12.3. The van der Waals surface area contributed by atoms with Gasteiger partial charge >= 0.3 is 0 Å². The van der Waals surface area contributed by atoms with Crippen LogP contribution in [-0.2, 0) is 6.54 Å². The summed E-state index contributed by atoms with van der Waals surface area (Å²) in [5.74, 6) is 1.59. The van der Waals surface area contributed by atoms with Crippen molar-refractivity contribution < 1.29 is 0 Å². The number of hydrogen-bond donors (Lipinski definition) is 1. The molecule has 102 valence electrons. The van der Waals surface area contributed by atoms with Crippen LogP contribution in [0.1, 0.15) is 50.4 Å². The van der Waals surface area contributed by atoms with Crippen LogP contribution in [0.2, 0.25) is 0 Å². The molecule has 2 aromatic heterocycles. The summed E-state index contributed by atoms with van der Waals surface area (Å²) in [6.07, 6.45) is 5.16. The van der Waals surface area contributed by atoms with E-state index in [2.05, 4.69) is 48.1 Å².